The van der Waals surface area contributed by atoms with Crippen molar-refractivity contribution in [3.05, 3.63) is 47.4 Å². The molecule has 7 nitrogen and oxygen atoms in total. The summed E-state index contributed by atoms with van der Waals surface area (Å²) >= 11 is 0. The van der Waals surface area contributed by atoms with Crippen LogP contribution in [0.1, 0.15) is 28.0 Å². The third-order valence-electron chi connectivity index (χ3n) is 4.71. The van der Waals surface area contributed by atoms with Crippen LogP contribution in [0.5, 0.6) is 0 Å². The van der Waals surface area contributed by atoms with E-state index in [0.717, 1.165) is 22.5 Å². The van der Waals surface area contributed by atoms with Crippen molar-refractivity contribution < 1.29 is 14.7 Å². The first-order valence-corrected chi connectivity index (χ1v) is 8.44. The van der Waals surface area contributed by atoms with E-state index in [9.17, 15) is 9.90 Å². The normalized spacial score (nSPS) is 18.4. The molecule has 1 N–H and O–H groups in total. The molecule has 1 atom stereocenters. The fourth-order valence-electron chi connectivity index (χ4n) is 3.12. The average Bonchev–Trinajstić information content (AvgIpc) is 3.07. The number of aliphatic hydroxyl groups excluding tert-OH is 1. The number of rotatable bonds is 4. The van der Waals surface area contributed by atoms with E-state index in [2.05, 4.69) is 15.1 Å². The maximum absolute atomic E-state index is 12.8. The van der Waals surface area contributed by atoms with Crippen LogP contribution in [0.3, 0.4) is 0 Å². The number of amides is 1. The van der Waals surface area contributed by atoms with Crippen LogP contribution in [0.15, 0.2) is 35.7 Å². The molecule has 1 aromatic heterocycles. The third-order valence-corrected chi connectivity index (χ3v) is 4.71. The summed E-state index contributed by atoms with van der Waals surface area (Å²) in [5.74, 6) is -0.273. The van der Waals surface area contributed by atoms with Crippen LogP contribution in [0.4, 0.5) is 0 Å². The highest BCUT2D eigenvalue weighted by molar-refractivity contribution is 5.99. The molecule has 0 saturated carbocycles. The molecule has 7 heteroatoms. The largest absolute Gasteiger partial charge is 0.399 e. The predicted molar refractivity (Wildman–Crippen MR) is 97.9 cm³/mol. The number of aliphatic hydroxyl groups is 1. The highest BCUT2D eigenvalue weighted by Gasteiger charge is 2.34. The second-order valence-electron chi connectivity index (χ2n) is 6.35. The lowest BCUT2D eigenvalue weighted by molar-refractivity contribution is 0.0674. The van der Waals surface area contributed by atoms with Crippen LogP contribution in [-0.2, 0) is 4.84 Å². The van der Waals surface area contributed by atoms with Crippen molar-refractivity contribution in [2.75, 3.05) is 20.3 Å². The molecule has 0 bridgehead atoms. The molecule has 2 aromatic rings. The van der Waals surface area contributed by atoms with E-state index in [0.29, 0.717) is 13.0 Å². The number of hydrogen-bond donors (Lipinski definition) is 1. The van der Waals surface area contributed by atoms with Crippen molar-refractivity contribution in [3.63, 3.8) is 0 Å². The van der Waals surface area contributed by atoms with Gasteiger partial charge >= 0.3 is 0 Å². The quantitative estimate of drug-likeness (QED) is 0.848. The molecule has 0 radical (unpaired) electrons. The molecule has 0 aliphatic carbocycles. The molecule has 136 valence electrons. The zero-order valence-electron chi connectivity index (χ0n) is 15.1. The van der Waals surface area contributed by atoms with E-state index >= 15 is 0 Å². The first-order chi connectivity index (χ1) is 12.5. The Labute approximate surface area is 152 Å². The Morgan fingerprint density at radius 1 is 1.35 bits per heavy atom. The molecule has 1 aromatic carbocycles. The maximum Gasteiger partial charge on any atom is 0.274 e. The molecule has 1 aliphatic heterocycles. The number of oxime groups is 1. The first-order valence-electron chi connectivity index (χ1n) is 8.44. The Balaban J connectivity index is 1.83. The lowest BCUT2D eigenvalue weighted by atomic mass is 10.0. The summed E-state index contributed by atoms with van der Waals surface area (Å²) in [7, 11) is 1.46. The highest BCUT2D eigenvalue weighted by atomic mass is 16.6. The molecular formula is C19H22N4O3. The maximum atomic E-state index is 12.8. The minimum absolute atomic E-state index is 0.136. The van der Waals surface area contributed by atoms with Crippen LogP contribution < -0.4 is 0 Å². The van der Waals surface area contributed by atoms with Gasteiger partial charge in [-0.2, -0.15) is 0 Å². The number of likely N-dealkylation sites (tertiary alicyclic amines) is 1. The van der Waals surface area contributed by atoms with Gasteiger partial charge in [0.1, 0.15) is 12.8 Å². The van der Waals surface area contributed by atoms with Gasteiger partial charge in [0.25, 0.3) is 5.91 Å². The molecule has 1 amide bonds. The summed E-state index contributed by atoms with van der Waals surface area (Å²) in [6.45, 7) is 4.27. The molecular weight excluding hydrogens is 332 g/mol. The van der Waals surface area contributed by atoms with Crippen LogP contribution in [0.2, 0.25) is 0 Å². The Morgan fingerprint density at radius 2 is 2.15 bits per heavy atom. The van der Waals surface area contributed by atoms with Crippen LogP contribution in [-0.4, -0.2) is 57.9 Å². The number of aromatic nitrogens is 2. The van der Waals surface area contributed by atoms with Gasteiger partial charge in [-0.25, -0.2) is 4.98 Å². The van der Waals surface area contributed by atoms with E-state index in [1.807, 2.05) is 32.0 Å². The molecule has 1 saturated heterocycles. The topological polar surface area (TPSA) is 87.9 Å². The van der Waals surface area contributed by atoms with E-state index in [1.165, 1.54) is 18.9 Å². The average molecular weight is 354 g/mol. The zero-order chi connectivity index (χ0) is 18.7. The van der Waals surface area contributed by atoms with Crippen molar-refractivity contribution in [1.82, 2.24) is 14.9 Å². The third kappa shape index (κ3) is 3.43. The van der Waals surface area contributed by atoms with Gasteiger partial charge in [-0.15, -0.1) is 0 Å². The monoisotopic (exact) mass is 354 g/mol. The molecule has 0 spiro atoms. The number of carbonyl (C=O) groups is 1. The van der Waals surface area contributed by atoms with Crippen molar-refractivity contribution in [2.45, 2.75) is 26.3 Å². The fourth-order valence-corrected chi connectivity index (χ4v) is 3.12. The van der Waals surface area contributed by atoms with Gasteiger partial charge < -0.3 is 14.8 Å². The van der Waals surface area contributed by atoms with Crippen LogP contribution in [0.25, 0.3) is 11.3 Å². The standard InChI is InChI=1S/C19H22N4O3/c1-12-5-4-6-16(13(12)2)17-8-21-18(9-20-17)19(25)23-10-14(22-26-3)7-15(23)11-24/h4-6,8-9,15,24H,7,10-11H2,1-3H3/b22-14-/t15-/m0/s1. The van der Waals surface area contributed by atoms with Crippen LogP contribution in [0, 0.1) is 13.8 Å². The molecule has 2 heterocycles. The van der Waals surface area contributed by atoms with E-state index in [4.69, 9.17) is 4.84 Å². The number of aryl methyl sites for hydroxylation is 1. The Morgan fingerprint density at radius 3 is 2.81 bits per heavy atom. The van der Waals surface area contributed by atoms with Gasteiger partial charge in [0, 0.05) is 12.0 Å². The van der Waals surface area contributed by atoms with Crippen molar-refractivity contribution in [2.24, 2.45) is 5.16 Å². The van der Waals surface area contributed by atoms with Gasteiger partial charge in [-0.3, -0.25) is 9.78 Å². The summed E-state index contributed by atoms with van der Waals surface area (Å²) in [5.41, 5.74) is 5.01. The minimum Gasteiger partial charge on any atom is -0.399 e. The van der Waals surface area contributed by atoms with Gasteiger partial charge in [0.05, 0.1) is 43.0 Å². The predicted octanol–water partition coefficient (Wildman–Crippen LogP) is 1.97. The van der Waals surface area contributed by atoms with Crippen molar-refractivity contribution in [3.8, 4) is 11.3 Å². The van der Waals surface area contributed by atoms with E-state index in [1.54, 1.807) is 11.1 Å². The van der Waals surface area contributed by atoms with Gasteiger partial charge in [-0.1, -0.05) is 23.4 Å². The Hall–Kier alpha value is -2.80. The molecule has 3 rings (SSSR count). The Kier molecular flexibility index (Phi) is 5.27. The number of hydrogen-bond acceptors (Lipinski definition) is 6. The highest BCUT2D eigenvalue weighted by Crippen LogP contribution is 2.24. The molecule has 1 aliphatic rings. The lowest BCUT2D eigenvalue weighted by Gasteiger charge is -2.21. The lowest BCUT2D eigenvalue weighted by Crippen LogP contribution is -2.38. The molecule has 26 heavy (non-hydrogen) atoms. The smallest absolute Gasteiger partial charge is 0.274 e. The van der Waals surface area contributed by atoms with Crippen molar-refractivity contribution in [1.29, 1.82) is 0 Å². The number of nitrogens with zero attached hydrogens (tertiary/aromatic N) is 4. The second-order valence-corrected chi connectivity index (χ2v) is 6.35. The van der Waals surface area contributed by atoms with E-state index in [-0.39, 0.29) is 24.2 Å². The zero-order valence-corrected chi connectivity index (χ0v) is 15.1. The summed E-state index contributed by atoms with van der Waals surface area (Å²) in [5, 5.41) is 13.4. The first kappa shape index (κ1) is 18.0. The Bertz CT molecular complexity index is 833. The molecule has 0 unspecified atom stereocenters. The summed E-state index contributed by atoms with van der Waals surface area (Å²) in [6.07, 6.45) is 3.59. The van der Waals surface area contributed by atoms with Gasteiger partial charge in [0.15, 0.2) is 0 Å². The molecule has 1 fully saturated rings. The summed E-state index contributed by atoms with van der Waals surface area (Å²) in [4.78, 5) is 27.8. The van der Waals surface area contributed by atoms with Gasteiger partial charge in [-0.05, 0) is 25.0 Å². The van der Waals surface area contributed by atoms with Crippen LogP contribution >= 0.6 is 0 Å². The van der Waals surface area contributed by atoms with Gasteiger partial charge in [0.2, 0.25) is 0 Å². The second kappa shape index (κ2) is 7.61. The van der Waals surface area contributed by atoms with E-state index < -0.39 is 0 Å². The SMILES string of the molecule is CO/N=C1/C[C@@H](CO)N(C(=O)c2cnc(-c3cccc(C)c3C)cn2)C1. The van der Waals surface area contributed by atoms with Crippen molar-refractivity contribution >= 4 is 11.6 Å². The summed E-state index contributed by atoms with van der Waals surface area (Å²) < 4.78 is 0. The fraction of sp³-hybridized carbons (Fsp3) is 0.368. The summed E-state index contributed by atoms with van der Waals surface area (Å²) in [6, 6.07) is 5.69. The minimum atomic E-state index is -0.322. The number of benzene rings is 1. The number of carbonyl (C=O) groups excluding carboxylic acids is 1.